The predicted octanol–water partition coefficient (Wildman–Crippen LogP) is -2.64. The normalized spacial score (nSPS) is 10.5. The van der Waals surface area contributed by atoms with Crippen molar-refractivity contribution in [3.05, 3.63) is 54.6 Å². The molecule has 0 amide bonds. The molecule has 0 bridgehead atoms. The molecule has 0 N–H and O–H groups in total. The van der Waals surface area contributed by atoms with Crippen LogP contribution < -0.4 is 24.8 Å². The van der Waals surface area contributed by atoms with Gasteiger partial charge in [-0.15, -0.1) is 6.42 Å². The fourth-order valence-electron chi connectivity index (χ4n) is 0.835. The van der Waals surface area contributed by atoms with Gasteiger partial charge in [0.1, 0.15) is 0 Å². The Morgan fingerprint density at radius 3 is 2.07 bits per heavy atom. The first-order chi connectivity index (χ1) is 6.43. The average Bonchev–Trinajstić information content (AvgIpc) is 2.77. The molecule has 4 heteroatoms. The molecule has 0 fully saturated rings. The Kier molecular flexibility index (Phi) is 13.4. The Bertz CT molecular complexity index is 300. The van der Waals surface area contributed by atoms with Crippen molar-refractivity contribution in [2.45, 2.75) is 6.42 Å². The van der Waals surface area contributed by atoms with Crippen molar-refractivity contribution >= 4 is 5.69 Å². The molecule has 0 unspecified atom stereocenters. The summed E-state index contributed by atoms with van der Waals surface area (Å²) in [7, 11) is 0. The summed E-state index contributed by atoms with van der Waals surface area (Å²) in [5, 5.41) is 0. The van der Waals surface area contributed by atoms with Crippen molar-refractivity contribution in [3.8, 4) is 0 Å². The van der Waals surface area contributed by atoms with E-state index < -0.39 is 0 Å². The van der Waals surface area contributed by atoms with Crippen molar-refractivity contribution < 1.29 is 42.0 Å². The van der Waals surface area contributed by atoms with Gasteiger partial charge in [-0.25, -0.2) is 12.2 Å². The van der Waals surface area contributed by atoms with Gasteiger partial charge in [0, 0.05) is 0 Å². The first kappa shape index (κ1) is 17.1. The second-order valence-electron chi connectivity index (χ2n) is 2.44. The Morgan fingerprint density at radius 2 is 1.80 bits per heavy atom. The van der Waals surface area contributed by atoms with Gasteiger partial charge in [0.15, 0.2) is 0 Å². The molecule has 1 nitrogen and oxygen atoms in total. The quantitative estimate of drug-likeness (QED) is 0.498. The second kappa shape index (κ2) is 11.7. The van der Waals surface area contributed by atoms with Crippen LogP contribution in [0.3, 0.4) is 0 Å². The molecule has 0 aromatic heterocycles. The standard InChI is InChI=1S/C6H5N.C5H5.2ClH.V/c7-6-4-2-1-3-5-6;1-2-4-5-3-1;;;/h1-5H;1-3H,4H2;2*1H;/q;-1;;;+2/p-2. The van der Waals surface area contributed by atoms with E-state index in [1.165, 1.54) is 0 Å². The molecule has 0 spiro atoms. The Morgan fingerprint density at radius 1 is 1.13 bits per heavy atom. The molecule has 2 rings (SSSR count). The van der Waals surface area contributed by atoms with Crippen molar-refractivity contribution in [1.29, 1.82) is 0 Å². The van der Waals surface area contributed by atoms with Crippen LogP contribution in [0.25, 0.3) is 0 Å². The van der Waals surface area contributed by atoms with Crippen LogP contribution >= 0.6 is 0 Å². The molecule has 0 saturated heterocycles. The third kappa shape index (κ3) is 8.65. The first-order valence-electron chi connectivity index (χ1n) is 4.05. The van der Waals surface area contributed by atoms with E-state index in [1.54, 1.807) is 0 Å². The maximum absolute atomic E-state index is 3.91. The molecule has 1 aromatic rings. The molecule has 0 heterocycles. The third-order valence-corrected chi connectivity index (χ3v) is 1.82. The van der Waals surface area contributed by atoms with Crippen LogP contribution in [0.2, 0.25) is 0 Å². The maximum atomic E-state index is 3.91. The Hall–Kier alpha value is -0.336. The van der Waals surface area contributed by atoms with Gasteiger partial charge in [-0.2, -0.15) is 6.08 Å². The number of benzene rings is 1. The zero-order chi connectivity index (χ0) is 9.36. The summed E-state index contributed by atoms with van der Waals surface area (Å²) in [5.41, 5.74) is 1.01. The van der Waals surface area contributed by atoms with Crippen molar-refractivity contribution in [3.63, 3.8) is 0 Å². The van der Waals surface area contributed by atoms with E-state index in [9.17, 15) is 0 Å². The predicted molar refractivity (Wildman–Crippen MR) is 50.1 cm³/mol. The van der Waals surface area contributed by atoms with E-state index in [0.717, 1.165) is 12.1 Å². The molecular weight excluding hydrogens is 268 g/mol. The SMILES string of the molecule is [C-]1=CC=CC1.[Cl-].[Cl-].[V+2]=[N]c1ccccc1. The van der Waals surface area contributed by atoms with Crippen LogP contribution in [-0.2, 0) is 17.2 Å². The van der Waals surface area contributed by atoms with Gasteiger partial charge in [-0.3, -0.25) is 6.08 Å². The zero-order valence-electron chi connectivity index (χ0n) is 7.98. The fraction of sp³-hybridized carbons (Fsp3) is 0.0909. The number of hydrogen-bond donors (Lipinski definition) is 0. The fourth-order valence-corrected chi connectivity index (χ4v) is 1.04. The first-order valence-corrected chi connectivity index (χ1v) is 4.68. The number of allylic oxidation sites excluding steroid dienone is 4. The monoisotopic (exact) mass is 277 g/mol. The number of rotatable bonds is 1. The van der Waals surface area contributed by atoms with Crippen LogP contribution in [-0.4, -0.2) is 0 Å². The van der Waals surface area contributed by atoms with E-state index in [2.05, 4.69) is 33.2 Å². The second-order valence-corrected chi connectivity index (χ2v) is 2.75. The van der Waals surface area contributed by atoms with E-state index >= 15 is 0 Å². The van der Waals surface area contributed by atoms with Gasteiger partial charge in [-0.1, -0.05) is 0 Å². The number of halogens is 2. The minimum atomic E-state index is 0. The molecule has 1 aliphatic rings. The molecule has 1 aromatic carbocycles. The minimum absolute atomic E-state index is 0. The molecule has 0 radical (unpaired) electrons. The van der Waals surface area contributed by atoms with Gasteiger partial charge < -0.3 is 24.8 Å². The van der Waals surface area contributed by atoms with Crippen LogP contribution in [0.1, 0.15) is 6.42 Å². The summed E-state index contributed by atoms with van der Waals surface area (Å²) < 4.78 is 3.91. The Balaban J connectivity index is 0. The number of hydrogen-bond acceptors (Lipinski definition) is 1. The van der Waals surface area contributed by atoms with E-state index in [1.807, 2.05) is 42.5 Å². The third-order valence-electron chi connectivity index (χ3n) is 1.46. The van der Waals surface area contributed by atoms with Gasteiger partial charge in [-0.05, 0) is 0 Å². The summed E-state index contributed by atoms with van der Waals surface area (Å²) in [6.45, 7) is 0. The van der Waals surface area contributed by atoms with Gasteiger partial charge in [0.05, 0.1) is 0 Å². The topological polar surface area (TPSA) is 12.4 Å². The molecule has 15 heavy (non-hydrogen) atoms. The number of nitrogens with zero attached hydrogens (tertiary/aromatic N) is 1. The summed E-state index contributed by atoms with van der Waals surface area (Å²) in [6.07, 6.45) is 10.0. The molecule has 1 aliphatic carbocycles. The average molecular weight is 278 g/mol. The van der Waals surface area contributed by atoms with E-state index in [0.29, 0.717) is 0 Å². The molecule has 0 aliphatic heterocycles. The summed E-state index contributed by atoms with van der Waals surface area (Å²) in [4.78, 5) is 0. The molecular formula is C11H10Cl2NV-. The van der Waals surface area contributed by atoms with Crippen molar-refractivity contribution in [1.82, 2.24) is 0 Å². The Labute approximate surface area is 112 Å². The van der Waals surface area contributed by atoms with Crippen LogP contribution in [0, 0.1) is 6.08 Å². The summed E-state index contributed by atoms with van der Waals surface area (Å²) in [5.74, 6) is 0. The van der Waals surface area contributed by atoms with E-state index in [4.69, 9.17) is 0 Å². The van der Waals surface area contributed by atoms with Gasteiger partial charge in [0.2, 0.25) is 0 Å². The van der Waals surface area contributed by atoms with Crippen molar-refractivity contribution in [2.24, 2.45) is 3.79 Å². The molecule has 0 atom stereocenters. The van der Waals surface area contributed by atoms with Gasteiger partial charge in [0.25, 0.3) is 0 Å². The zero-order valence-corrected chi connectivity index (χ0v) is 10.9. The van der Waals surface area contributed by atoms with E-state index in [-0.39, 0.29) is 24.8 Å². The molecule has 0 saturated carbocycles. The van der Waals surface area contributed by atoms with Crippen LogP contribution in [0.4, 0.5) is 5.69 Å². The van der Waals surface area contributed by atoms with Crippen molar-refractivity contribution in [2.75, 3.05) is 0 Å². The summed E-state index contributed by atoms with van der Waals surface area (Å²) >= 11 is 2.19. The summed E-state index contributed by atoms with van der Waals surface area (Å²) in [6, 6.07) is 9.82. The van der Waals surface area contributed by atoms with Gasteiger partial charge >= 0.3 is 57.0 Å². The van der Waals surface area contributed by atoms with Crippen LogP contribution in [0.5, 0.6) is 0 Å². The van der Waals surface area contributed by atoms with Crippen LogP contribution in [0.15, 0.2) is 52.4 Å². The molecule has 79 valence electrons.